The van der Waals surface area contributed by atoms with Crippen molar-refractivity contribution in [2.75, 3.05) is 32.7 Å². The monoisotopic (exact) mass is 1610 g/mol. The average molecular weight is 1610 g/mol. The van der Waals surface area contributed by atoms with E-state index in [1.165, 1.54) is 149 Å². The molecule has 21 nitrogen and oxygen atoms in total. The van der Waals surface area contributed by atoms with Crippen LogP contribution < -0.4 is 0 Å². The molecule has 5 amide bonds. The summed E-state index contributed by atoms with van der Waals surface area (Å²) in [7, 11) is 0. The predicted octanol–water partition coefficient (Wildman–Crippen LogP) is 18.3. The minimum absolute atomic E-state index is 0.000444. The number of ketones is 5. The van der Waals surface area contributed by atoms with Crippen LogP contribution in [-0.4, -0.2) is 150 Å². The summed E-state index contributed by atoms with van der Waals surface area (Å²) >= 11 is 2.98. The minimum atomic E-state index is -0.608. The van der Waals surface area contributed by atoms with E-state index in [0.29, 0.717) is 45.9 Å². The van der Waals surface area contributed by atoms with E-state index >= 15 is 0 Å². The summed E-state index contributed by atoms with van der Waals surface area (Å²) in [5.41, 5.74) is 4.02. The number of hydrazone groups is 5. The van der Waals surface area contributed by atoms with Crippen LogP contribution in [0.5, 0.6) is 5.75 Å². The lowest BCUT2D eigenvalue weighted by Crippen LogP contribution is -2.44. The van der Waals surface area contributed by atoms with Crippen LogP contribution in [0.25, 0.3) is 0 Å². The van der Waals surface area contributed by atoms with Crippen molar-refractivity contribution >= 4 is 110 Å². The predicted molar refractivity (Wildman–Crippen MR) is 449 cm³/mol. The molecule has 5 saturated carbocycles. The van der Waals surface area contributed by atoms with Gasteiger partial charge < -0.3 is 5.11 Å². The number of amides is 5. The second-order valence-corrected chi connectivity index (χ2v) is 35.6. The first-order chi connectivity index (χ1) is 54.9. The zero-order valence-electron chi connectivity index (χ0n) is 68.8. The lowest BCUT2D eigenvalue weighted by molar-refractivity contribution is -0.138. The highest BCUT2D eigenvalue weighted by Gasteiger charge is 2.56. The zero-order valence-corrected chi connectivity index (χ0v) is 70.4. The highest BCUT2D eigenvalue weighted by molar-refractivity contribution is 7.08. The van der Waals surface area contributed by atoms with Crippen molar-refractivity contribution < 1.29 is 57.4 Å². The number of thiophene rings is 2. The van der Waals surface area contributed by atoms with E-state index < -0.39 is 32.9 Å². The van der Waals surface area contributed by atoms with E-state index in [1.54, 1.807) is 42.5 Å². The van der Waals surface area contributed by atoms with Crippen LogP contribution in [0, 0.1) is 62.5 Å². The van der Waals surface area contributed by atoms with Gasteiger partial charge in [0.25, 0.3) is 29.5 Å². The van der Waals surface area contributed by atoms with E-state index in [0.717, 1.165) is 118 Å². The molecule has 115 heavy (non-hydrogen) atoms. The fourth-order valence-corrected chi connectivity index (χ4v) is 20.3. The van der Waals surface area contributed by atoms with Gasteiger partial charge in [0.05, 0.1) is 55.6 Å². The number of phenols is 1. The molecule has 0 bridgehead atoms. The molecule has 5 aromatic rings. The first-order valence-electron chi connectivity index (χ1n) is 41.6. The van der Waals surface area contributed by atoms with E-state index in [9.17, 15) is 57.4 Å². The zero-order chi connectivity index (χ0) is 82.6. The first-order valence-corrected chi connectivity index (χ1v) is 43.5. The van der Waals surface area contributed by atoms with Gasteiger partial charge >= 0.3 is 0 Å². The summed E-state index contributed by atoms with van der Waals surface area (Å²) in [6, 6.07) is 24.4. The fraction of sp³-hybridized carbons (Fsp3) is 0.549. The summed E-state index contributed by atoms with van der Waals surface area (Å²) in [6.07, 6.45) is 28.6. The van der Waals surface area contributed by atoms with E-state index in [4.69, 9.17) is 0 Å². The van der Waals surface area contributed by atoms with Crippen LogP contribution in [0.1, 0.15) is 282 Å². The van der Waals surface area contributed by atoms with E-state index in [1.807, 2.05) is 109 Å². The van der Waals surface area contributed by atoms with Crippen molar-refractivity contribution in [1.29, 1.82) is 0 Å². The van der Waals surface area contributed by atoms with Gasteiger partial charge in [-0.1, -0.05) is 151 Å². The van der Waals surface area contributed by atoms with Gasteiger partial charge in [0.15, 0.2) is 28.9 Å². The highest BCUT2D eigenvalue weighted by Crippen LogP contribution is 2.49. The molecular formula is C91H115FN10O11S2. The molecule has 614 valence electrons. The molecule has 10 aliphatic rings. The lowest BCUT2D eigenvalue weighted by atomic mass is 9.67. The lowest BCUT2D eigenvalue weighted by Gasteiger charge is -2.35. The fourth-order valence-electron chi connectivity index (χ4n) is 19.0. The Morgan fingerprint density at radius 1 is 0.339 bits per heavy atom. The van der Waals surface area contributed by atoms with Gasteiger partial charge in [-0.2, -0.15) is 48.2 Å². The number of aromatic hydroxyl groups is 1. The number of rotatable bonds is 20. The quantitative estimate of drug-likeness (QED) is 0.0716. The second kappa shape index (κ2) is 37.8. The summed E-state index contributed by atoms with van der Waals surface area (Å²) in [5, 5.41) is 45.7. The third-order valence-electron chi connectivity index (χ3n) is 27.2. The molecule has 0 spiro atoms. The maximum absolute atomic E-state index is 13.3. The molecule has 2 aromatic heterocycles. The third kappa shape index (κ3) is 18.8. The number of hydrogen-bond donors (Lipinski definition) is 1. The third-order valence-corrected chi connectivity index (χ3v) is 28.5. The van der Waals surface area contributed by atoms with Crippen molar-refractivity contribution in [2.24, 2.45) is 82.2 Å². The molecule has 5 aliphatic carbocycles. The molecule has 24 heteroatoms. The van der Waals surface area contributed by atoms with Crippen molar-refractivity contribution in [2.45, 2.75) is 230 Å². The van der Waals surface area contributed by atoms with Crippen molar-refractivity contribution in [3.05, 3.63) is 146 Å². The molecule has 5 atom stereocenters. The molecule has 5 fully saturated rings. The van der Waals surface area contributed by atoms with Gasteiger partial charge in [0.2, 0.25) is 0 Å². The summed E-state index contributed by atoms with van der Waals surface area (Å²) in [6.45, 7) is 19.4. The molecule has 5 aliphatic heterocycles. The van der Waals surface area contributed by atoms with Crippen LogP contribution >= 0.6 is 22.7 Å². The SMILES string of the molecule is CC1=NN(CC(=O)c2cccc(F)c2)C(=O)C1(C)C1CCCCC1.CC1=NN(CC(=O)c2cccc(O)c2)C(=O)C1(C)C1CCCCC1.CC1=NN(CC(=O)c2ccccc2)C(=O)[C@]1(C)C1CCCCC1.CC1=NN(CC(=O)c2ccsc2)C(=O)C1(C)C1CCCCC1.CC1=NN(CC(=O)c2ccsc2)C(=O)[C@@]1(C)C1CCCCC1. The molecule has 15 rings (SSSR count). The smallest absolute Gasteiger partial charge is 0.255 e. The first kappa shape index (κ1) is 86.7. The number of hydrogen-bond acceptors (Lipinski definition) is 18. The Morgan fingerprint density at radius 2 is 0.583 bits per heavy atom. The number of nitrogens with zero attached hydrogens (tertiary/aromatic N) is 10. The molecule has 7 heterocycles. The van der Waals surface area contributed by atoms with Crippen molar-refractivity contribution in [1.82, 2.24) is 25.0 Å². The van der Waals surface area contributed by atoms with Gasteiger partial charge in [-0.25, -0.2) is 29.4 Å². The maximum atomic E-state index is 13.3. The Morgan fingerprint density at radius 3 is 0.835 bits per heavy atom. The number of carbonyl (C=O) groups is 10. The van der Waals surface area contributed by atoms with Crippen molar-refractivity contribution in [3.8, 4) is 5.75 Å². The van der Waals surface area contributed by atoms with Gasteiger partial charge in [0.1, 0.15) is 44.3 Å². The van der Waals surface area contributed by atoms with Crippen LogP contribution in [0.4, 0.5) is 4.39 Å². The highest BCUT2D eigenvalue weighted by atomic mass is 32.1. The van der Waals surface area contributed by atoms with Gasteiger partial charge in [-0.3, -0.25) is 47.9 Å². The standard InChI is InChI=1S/C19H23FN2O2.C19H24N2O3.C19H24N2O2.2C17H22N2O2S/c1-13-19(2,15-8-4-3-5-9-15)18(24)22(21-13)12-17(23)14-7-6-10-16(20)11-14;1-13-19(2,15-8-4-3-5-9-15)18(24)21(20-13)12-17(23)14-7-6-10-16(22)11-14;1-14-19(2,16-11-7-4-8-12-16)18(23)21(20-14)13-17(22)15-9-5-3-6-10-15;2*1-12-17(2,14-6-4-3-5-7-14)16(21)19(18-12)10-15(20)13-8-9-22-11-13/h6-7,10-11,15H,3-5,8-9,12H2,1-2H3;6-7,10-11,15,22H,3-5,8-9,12H2,1-2H3;3,5-6,9-10,16H,4,7-8,11-13H2,1-2H3;2*8-9,11,14H,3-7,10H2,1-2H3/t;;19-;17-;/m..01./s1. The summed E-state index contributed by atoms with van der Waals surface area (Å²) in [5.74, 6) is 0.407. The summed E-state index contributed by atoms with van der Waals surface area (Å²) < 4.78 is 13.3. The maximum Gasteiger partial charge on any atom is 0.255 e. The molecule has 3 unspecified atom stereocenters. The van der Waals surface area contributed by atoms with Gasteiger partial charge in [0, 0.05) is 38.6 Å². The Kier molecular flexibility index (Phi) is 28.5. The Bertz CT molecular complexity index is 4320. The van der Waals surface area contributed by atoms with Crippen LogP contribution in [-0.2, 0) is 24.0 Å². The minimum Gasteiger partial charge on any atom is -0.508 e. The molecule has 1 N–H and O–H groups in total. The topological polar surface area (TPSA) is 269 Å². The second-order valence-electron chi connectivity index (χ2n) is 34.0. The molecule has 0 saturated heterocycles. The molecular weight excluding hydrogens is 1490 g/mol. The normalized spacial score (nSPS) is 25.6. The average Bonchev–Trinajstić information content (AvgIpc) is 1.64. The van der Waals surface area contributed by atoms with Gasteiger partial charge in [-0.15, -0.1) is 0 Å². The Hall–Kier alpha value is -9.16. The molecule has 0 radical (unpaired) electrons. The number of halogens is 1. The largest absolute Gasteiger partial charge is 0.508 e. The number of benzene rings is 3. The Balaban J connectivity index is 0.000000142. The van der Waals surface area contributed by atoms with Crippen LogP contribution in [0.2, 0.25) is 0 Å². The number of carbonyl (C=O) groups excluding carboxylic acids is 10. The van der Waals surface area contributed by atoms with Gasteiger partial charge in [-0.05, 0) is 210 Å². The summed E-state index contributed by atoms with van der Waals surface area (Å²) in [4.78, 5) is 126. The van der Waals surface area contributed by atoms with E-state index in [-0.39, 0.29) is 108 Å². The number of Topliss-reactive ketones (excluding diaryl/α,β-unsaturated/α-hetero) is 5. The Labute approximate surface area is 684 Å². The van der Waals surface area contributed by atoms with Crippen LogP contribution in [0.15, 0.2) is 138 Å². The number of phenolic OH excluding ortho intramolecular Hbond substituents is 1. The van der Waals surface area contributed by atoms with Crippen LogP contribution in [0.3, 0.4) is 0 Å². The van der Waals surface area contributed by atoms with E-state index in [2.05, 4.69) is 25.5 Å². The molecule has 3 aromatic carbocycles. The van der Waals surface area contributed by atoms with Crippen molar-refractivity contribution in [3.63, 3.8) is 0 Å².